The Labute approximate surface area is 118 Å². The van der Waals surface area contributed by atoms with E-state index in [-0.39, 0.29) is 0 Å². The van der Waals surface area contributed by atoms with E-state index in [4.69, 9.17) is 4.74 Å². The maximum atomic E-state index is 5.07. The summed E-state index contributed by atoms with van der Waals surface area (Å²) in [6, 6.07) is 8.94. The zero-order valence-electron chi connectivity index (χ0n) is 12.9. The van der Waals surface area contributed by atoms with Gasteiger partial charge in [-0.25, -0.2) is 0 Å². The number of methoxy groups -OCH3 is 1. The fourth-order valence-corrected chi connectivity index (χ4v) is 2.44. The van der Waals surface area contributed by atoms with E-state index in [1.54, 1.807) is 7.11 Å². The predicted molar refractivity (Wildman–Crippen MR) is 82.6 cm³/mol. The second-order valence-corrected chi connectivity index (χ2v) is 5.88. The molecule has 2 nitrogen and oxygen atoms in total. The summed E-state index contributed by atoms with van der Waals surface area (Å²) >= 11 is 0. The lowest BCUT2D eigenvalue weighted by atomic mass is 9.90. The van der Waals surface area contributed by atoms with Crippen molar-refractivity contribution in [3.8, 4) is 0 Å². The molecule has 19 heavy (non-hydrogen) atoms. The molecule has 0 aromatic heterocycles. The van der Waals surface area contributed by atoms with Crippen LogP contribution in [0.1, 0.15) is 31.4 Å². The average molecular weight is 263 g/mol. The number of hydrogen-bond acceptors (Lipinski definition) is 2. The van der Waals surface area contributed by atoms with Gasteiger partial charge in [-0.2, -0.15) is 0 Å². The average Bonchev–Trinajstić information content (AvgIpc) is 2.36. The lowest BCUT2D eigenvalue weighted by Crippen LogP contribution is -2.28. The number of hydrogen-bond donors (Lipinski definition) is 1. The van der Waals surface area contributed by atoms with Crippen LogP contribution < -0.4 is 5.32 Å². The van der Waals surface area contributed by atoms with E-state index in [2.05, 4.69) is 50.4 Å². The van der Waals surface area contributed by atoms with Gasteiger partial charge in [-0.3, -0.25) is 0 Å². The van der Waals surface area contributed by atoms with Crippen molar-refractivity contribution in [1.82, 2.24) is 5.32 Å². The molecule has 0 aliphatic carbocycles. The van der Waals surface area contributed by atoms with Crippen LogP contribution in [0.3, 0.4) is 0 Å². The molecule has 0 fully saturated rings. The van der Waals surface area contributed by atoms with Gasteiger partial charge in [0, 0.05) is 13.7 Å². The van der Waals surface area contributed by atoms with Crippen molar-refractivity contribution in [2.45, 2.75) is 33.6 Å². The van der Waals surface area contributed by atoms with Crippen molar-refractivity contribution < 1.29 is 4.74 Å². The normalized spacial score (nSPS) is 12.9. The maximum Gasteiger partial charge on any atom is 0.0587 e. The summed E-state index contributed by atoms with van der Waals surface area (Å²) in [6.45, 7) is 9.56. The second kappa shape index (κ2) is 9.11. The monoisotopic (exact) mass is 263 g/mol. The highest BCUT2D eigenvalue weighted by Gasteiger charge is 2.11. The summed E-state index contributed by atoms with van der Waals surface area (Å²) in [4.78, 5) is 0. The molecule has 0 saturated heterocycles. The summed E-state index contributed by atoms with van der Waals surface area (Å²) in [7, 11) is 1.75. The molecule has 0 saturated carbocycles. The van der Waals surface area contributed by atoms with E-state index in [9.17, 15) is 0 Å². The second-order valence-electron chi connectivity index (χ2n) is 5.88. The van der Waals surface area contributed by atoms with E-state index in [1.165, 1.54) is 24.0 Å². The molecule has 108 valence electrons. The summed E-state index contributed by atoms with van der Waals surface area (Å²) in [5.41, 5.74) is 2.78. The number of aryl methyl sites for hydroxylation is 1. The van der Waals surface area contributed by atoms with Gasteiger partial charge < -0.3 is 10.1 Å². The molecule has 1 aromatic rings. The fraction of sp³-hybridized carbons (Fsp3) is 0.647. The fourth-order valence-electron chi connectivity index (χ4n) is 2.44. The number of nitrogens with one attached hydrogen (secondary N) is 1. The third-order valence-electron chi connectivity index (χ3n) is 3.37. The van der Waals surface area contributed by atoms with E-state index in [1.807, 2.05) is 0 Å². The van der Waals surface area contributed by atoms with Gasteiger partial charge in [-0.05, 0) is 43.7 Å². The van der Waals surface area contributed by atoms with Crippen LogP contribution in [-0.4, -0.2) is 26.8 Å². The first-order chi connectivity index (χ1) is 9.11. The van der Waals surface area contributed by atoms with E-state index < -0.39 is 0 Å². The SMILES string of the molecule is COCCNCC(Cc1ccc(C)cc1)CC(C)C. The minimum atomic E-state index is 0.708. The maximum absolute atomic E-state index is 5.07. The minimum Gasteiger partial charge on any atom is -0.383 e. The topological polar surface area (TPSA) is 21.3 Å². The van der Waals surface area contributed by atoms with Crippen LogP contribution in [0, 0.1) is 18.8 Å². The minimum absolute atomic E-state index is 0.708. The van der Waals surface area contributed by atoms with Crippen LogP contribution >= 0.6 is 0 Å². The highest BCUT2D eigenvalue weighted by molar-refractivity contribution is 5.21. The van der Waals surface area contributed by atoms with E-state index >= 15 is 0 Å². The third-order valence-corrected chi connectivity index (χ3v) is 3.37. The van der Waals surface area contributed by atoms with Crippen LogP contribution in [0.4, 0.5) is 0 Å². The molecular weight excluding hydrogens is 234 g/mol. The van der Waals surface area contributed by atoms with Crippen molar-refractivity contribution in [2.24, 2.45) is 11.8 Å². The van der Waals surface area contributed by atoms with Crippen molar-refractivity contribution in [3.63, 3.8) is 0 Å². The summed E-state index contributed by atoms with van der Waals surface area (Å²) in [6.07, 6.45) is 2.44. The Morgan fingerprint density at radius 3 is 2.42 bits per heavy atom. The molecule has 1 unspecified atom stereocenters. The van der Waals surface area contributed by atoms with Gasteiger partial charge in [-0.1, -0.05) is 43.7 Å². The zero-order valence-corrected chi connectivity index (χ0v) is 12.9. The lowest BCUT2D eigenvalue weighted by molar-refractivity contribution is 0.197. The molecule has 2 heteroatoms. The highest BCUT2D eigenvalue weighted by Crippen LogP contribution is 2.17. The quantitative estimate of drug-likeness (QED) is 0.689. The highest BCUT2D eigenvalue weighted by atomic mass is 16.5. The summed E-state index contributed by atoms with van der Waals surface area (Å²) < 4.78 is 5.07. The van der Waals surface area contributed by atoms with Crippen LogP contribution in [0.5, 0.6) is 0 Å². The lowest BCUT2D eigenvalue weighted by Gasteiger charge is -2.20. The molecule has 1 aromatic carbocycles. The molecule has 0 aliphatic rings. The Bertz CT molecular complexity index is 332. The van der Waals surface area contributed by atoms with Gasteiger partial charge in [0.05, 0.1) is 6.61 Å². The largest absolute Gasteiger partial charge is 0.383 e. The van der Waals surface area contributed by atoms with E-state index in [0.29, 0.717) is 5.92 Å². The van der Waals surface area contributed by atoms with Gasteiger partial charge in [0.1, 0.15) is 0 Å². The standard InChI is InChI=1S/C17H29NO/c1-14(2)11-17(13-18-9-10-19-4)12-16-7-5-15(3)6-8-16/h5-8,14,17-18H,9-13H2,1-4H3. The van der Waals surface area contributed by atoms with Crippen LogP contribution in [0.2, 0.25) is 0 Å². The zero-order chi connectivity index (χ0) is 14.1. The van der Waals surface area contributed by atoms with Gasteiger partial charge in [-0.15, -0.1) is 0 Å². The molecule has 1 atom stereocenters. The van der Waals surface area contributed by atoms with Gasteiger partial charge in [0.25, 0.3) is 0 Å². The van der Waals surface area contributed by atoms with Crippen LogP contribution in [-0.2, 0) is 11.2 Å². The van der Waals surface area contributed by atoms with Crippen molar-refractivity contribution in [2.75, 3.05) is 26.8 Å². The Hall–Kier alpha value is -0.860. The molecule has 0 radical (unpaired) electrons. The predicted octanol–water partition coefficient (Wildman–Crippen LogP) is 3.44. The first kappa shape index (κ1) is 16.2. The molecule has 0 bridgehead atoms. The Morgan fingerprint density at radius 1 is 1.16 bits per heavy atom. The first-order valence-corrected chi connectivity index (χ1v) is 7.37. The summed E-state index contributed by atoms with van der Waals surface area (Å²) in [5.74, 6) is 1.46. The van der Waals surface area contributed by atoms with Crippen LogP contribution in [0.25, 0.3) is 0 Å². The van der Waals surface area contributed by atoms with Crippen molar-refractivity contribution in [1.29, 1.82) is 0 Å². The summed E-state index contributed by atoms with van der Waals surface area (Å²) in [5, 5.41) is 3.50. The van der Waals surface area contributed by atoms with Crippen molar-refractivity contribution in [3.05, 3.63) is 35.4 Å². The molecule has 1 N–H and O–H groups in total. The smallest absolute Gasteiger partial charge is 0.0587 e. The number of ether oxygens (including phenoxy) is 1. The van der Waals surface area contributed by atoms with Gasteiger partial charge in [0.15, 0.2) is 0 Å². The Morgan fingerprint density at radius 2 is 1.84 bits per heavy atom. The van der Waals surface area contributed by atoms with Gasteiger partial charge >= 0.3 is 0 Å². The molecular formula is C17H29NO. The molecule has 0 spiro atoms. The Kier molecular flexibility index (Phi) is 7.76. The molecule has 1 rings (SSSR count). The number of rotatable bonds is 9. The first-order valence-electron chi connectivity index (χ1n) is 7.37. The third kappa shape index (κ3) is 7.34. The Balaban J connectivity index is 2.46. The van der Waals surface area contributed by atoms with E-state index in [0.717, 1.165) is 25.6 Å². The molecule has 0 heterocycles. The van der Waals surface area contributed by atoms with Crippen LogP contribution in [0.15, 0.2) is 24.3 Å². The van der Waals surface area contributed by atoms with Gasteiger partial charge in [0.2, 0.25) is 0 Å². The van der Waals surface area contributed by atoms with Crippen molar-refractivity contribution >= 4 is 0 Å². The molecule has 0 aliphatic heterocycles. The number of benzene rings is 1. The molecule has 0 amide bonds.